The summed E-state index contributed by atoms with van der Waals surface area (Å²) in [4.78, 5) is 0. The second-order valence-corrected chi connectivity index (χ2v) is 2.68. The van der Waals surface area contributed by atoms with Crippen LogP contribution in [0, 0.1) is 11.6 Å². The molecule has 0 spiro atoms. The SMILES string of the molecule is CC[C@@H](N)c1cc(F)ccc1F.Cl. The molecule has 4 heteroatoms. The summed E-state index contributed by atoms with van der Waals surface area (Å²) in [6, 6.07) is 2.91. The van der Waals surface area contributed by atoms with Crippen molar-refractivity contribution < 1.29 is 8.78 Å². The van der Waals surface area contributed by atoms with Gasteiger partial charge in [0.25, 0.3) is 0 Å². The molecule has 2 N–H and O–H groups in total. The highest BCUT2D eigenvalue weighted by molar-refractivity contribution is 5.85. The van der Waals surface area contributed by atoms with E-state index < -0.39 is 17.7 Å². The molecule has 0 saturated carbocycles. The van der Waals surface area contributed by atoms with E-state index in [1.807, 2.05) is 6.92 Å². The summed E-state index contributed by atoms with van der Waals surface area (Å²) in [6.07, 6.45) is 0.598. The number of nitrogens with two attached hydrogens (primary N) is 1. The van der Waals surface area contributed by atoms with Gasteiger partial charge in [0.05, 0.1) is 0 Å². The standard InChI is InChI=1S/C9H11F2N.ClH/c1-2-9(12)7-5-6(10)3-4-8(7)11;/h3-5,9H,2,12H2,1H3;1H/t9-;/m1./s1. The molecule has 0 bridgehead atoms. The molecule has 0 aliphatic rings. The Morgan fingerprint density at radius 3 is 2.54 bits per heavy atom. The van der Waals surface area contributed by atoms with E-state index in [2.05, 4.69) is 0 Å². The molecule has 74 valence electrons. The van der Waals surface area contributed by atoms with Gasteiger partial charge >= 0.3 is 0 Å². The first-order chi connectivity index (χ1) is 5.65. The fourth-order valence-electron chi connectivity index (χ4n) is 1.02. The summed E-state index contributed by atoms with van der Waals surface area (Å²) in [6.45, 7) is 1.83. The molecule has 0 fully saturated rings. The third-order valence-corrected chi connectivity index (χ3v) is 1.80. The third-order valence-electron chi connectivity index (χ3n) is 1.80. The Morgan fingerprint density at radius 1 is 1.38 bits per heavy atom. The van der Waals surface area contributed by atoms with E-state index >= 15 is 0 Å². The van der Waals surface area contributed by atoms with Crippen LogP contribution in [0.4, 0.5) is 8.78 Å². The van der Waals surface area contributed by atoms with E-state index in [0.29, 0.717) is 6.42 Å². The van der Waals surface area contributed by atoms with Crippen molar-refractivity contribution in [3.8, 4) is 0 Å². The van der Waals surface area contributed by atoms with Crippen molar-refractivity contribution >= 4 is 12.4 Å². The van der Waals surface area contributed by atoms with E-state index in [1.54, 1.807) is 0 Å². The van der Waals surface area contributed by atoms with Gasteiger partial charge in [-0.1, -0.05) is 6.92 Å². The lowest BCUT2D eigenvalue weighted by Gasteiger charge is -2.09. The Hall–Kier alpha value is -0.670. The molecular formula is C9H12ClF2N. The van der Waals surface area contributed by atoms with Gasteiger partial charge in [-0.25, -0.2) is 8.78 Å². The molecule has 0 radical (unpaired) electrons. The molecule has 0 amide bonds. The molecule has 0 saturated heterocycles. The fraction of sp³-hybridized carbons (Fsp3) is 0.333. The van der Waals surface area contributed by atoms with E-state index in [-0.39, 0.29) is 18.0 Å². The van der Waals surface area contributed by atoms with Crippen molar-refractivity contribution in [2.75, 3.05) is 0 Å². The van der Waals surface area contributed by atoms with Crippen molar-refractivity contribution in [2.45, 2.75) is 19.4 Å². The van der Waals surface area contributed by atoms with Crippen LogP contribution in [-0.4, -0.2) is 0 Å². The van der Waals surface area contributed by atoms with Gasteiger partial charge in [-0.15, -0.1) is 12.4 Å². The summed E-state index contributed by atoms with van der Waals surface area (Å²) < 4.78 is 25.6. The van der Waals surface area contributed by atoms with Crippen molar-refractivity contribution in [1.29, 1.82) is 0 Å². The van der Waals surface area contributed by atoms with Gasteiger partial charge in [0.2, 0.25) is 0 Å². The predicted octanol–water partition coefficient (Wildman–Crippen LogP) is 2.80. The van der Waals surface area contributed by atoms with Crippen LogP contribution in [0.25, 0.3) is 0 Å². The predicted molar refractivity (Wildman–Crippen MR) is 50.8 cm³/mol. The van der Waals surface area contributed by atoms with Crippen molar-refractivity contribution in [1.82, 2.24) is 0 Å². The summed E-state index contributed by atoms with van der Waals surface area (Å²) in [7, 11) is 0. The Bertz CT molecular complexity index is 278. The average Bonchev–Trinajstić information content (AvgIpc) is 2.08. The molecule has 1 atom stereocenters. The summed E-state index contributed by atoms with van der Waals surface area (Å²) in [5, 5.41) is 0. The summed E-state index contributed by atoms with van der Waals surface area (Å²) in [5.74, 6) is -0.888. The van der Waals surface area contributed by atoms with E-state index in [0.717, 1.165) is 18.2 Å². The molecule has 1 rings (SSSR count). The molecule has 0 heterocycles. The fourth-order valence-corrected chi connectivity index (χ4v) is 1.02. The van der Waals surface area contributed by atoms with Crippen LogP contribution in [0.5, 0.6) is 0 Å². The summed E-state index contributed by atoms with van der Waals surface area (Å²) in [5.41, 5.74) is 5.80. The van der Waals surface area contributed by atoms with Crippen molar-refractivity contribution in [3.05, 3.63) is 35.4 Å². The van der Waals surface area contributed by atoms with Crippen LogP contribution >= 0.6 is 12.4 Å². The smallest absolute Gasteiger partial charge is 0.128 e. The number of benzene rings is 1. The van der Waals surface area contributed by atoms with Crippen LogP contribution in [0.15, 0.2) is 18.2 Å². The molecule has 1 aromatic rings. The Kier molecular flexibility index (Phi) is 4.88. The van der Waals surface area contributed by atoms with Crippen molar-refractivity contribution in [2.24, 2.45) is 5.73 Å². The van der Waals surface area contributed by atoms with Gasteiger partial charge < -0.3 is 5.73 Å². The second-order valence-electron chi connectivity index (χ2n) is 2.68. The van der Waals surface area contributed by atoms with Gasteiger partial charge in [0, 0.05) is 11.6 Å². The number of hydrogen-bond donors (Lipinski definition) is 1. The molecule has 0 aromatic heterocycles. The quantitative estimate of drug-likeness (QED) is 0.793. The molecule has 1 nitrogen and oxygen atoms in total. The zero-order valence-corrected chi connectivity index (χ0v) is 8.07. The molecule has 1 aromatic carbocycles. The molecule has 13 heavy (non-hydrogen) atoms. The monoisotopic (exact) mass is 207 g/mol. The van der Waals surface area contributed by atoms with Crippen LogP contribution < -0.4 is 5.73 Å². The first-order valence-electron chi connectivity index (χ1n) is 3.85. The van der Waals surface area contributed by atoms with E-state index in [4.69, 9.17) is 5.73 Å². The van der Waals surface area contributed by atoms with Crippen LogP contribution in [-0.2, 0) is 0 Å². The lowest BCUT2D eigenvalue weighted by molar-refractivity contribution is 0.557. The zero-order chi connectivity index (χ0) is 9.14. The second kappa shape index (κ2) is 5.14. The van der Waals surface area contributed by atoms with Gasteiger partial charge in [-0.2, -0.15) is 0 Å². The number of halogens is 3. The van der Waals surface area contributed by atoms with Gasteiger partial charge in [-0.05, 0) is 24.6 Å². The first kappa shape index (κ1) is 12.3. The highest BCUT2D eigenvalue weighted by atomic mass is 35.5. The van der Waals surface area contributed by atoms with Gasteiger partial charge in [0.15, 0.2) is 0 Å². The maximum absolute atomic E-state index is 13.0. The highest BCUT2D eigenvalue weighted by Crippen LogP contribution is 2.18. The minimum atomic E-state index is -0.449. The Labute approximate surface area is 82.4 Å². The minimum absolute atomic E-state index is 0. The minimum Gasteiger partial charge on any atom is -0.324 e. The zero-order valence-electron chi connectivity index (χ0n) is 7.26. The Balaban J connectivity index is 0.00000144. The molecular weight excluding hydrogens is 196 g/mol. The Morgan fingerprint density at radius 2 is 2.00 bits per heavy atom. The maximum Gasteiger partial charge on any atom is 0.128 e. The largest absolute Gasteiger partial charge is 0.324 e. The van der Waals surface area contributed by atoms with Crippen LogP contribution in [0.3, 0.4) is 0 Å². The van der Waals surface area contributed by atoms with Crippen LogP contribution in [0.2, 0.25) is 0 Å². The lowest BCUT2D eigenvalue weighted by Crippen LogP contribution is -2.10. The lowest BCUT2D eigenvalue weighted by atomic mass is 10.1. The van der Waals surface area contributed by atoms with E-state index in [9.17, 15) is 8.78 Å². The third kappa shape index (κ3) is 2.94. The molecule has 0 aliphatic carbocycles. The van der Waals surface area contributed by atoms with E-state index in [1.165, 1.54) is 0 Å². The molecule has 0 aliphatic heterocycles. The first-order valence-corrected chi connectivity index (χ1v) is 3.85. The highest BCUT2D eigenvalue weighted by Gasteiger charge is 2.09. The van der Waals surface area contributed by atoms with Crippen molar-refractivity contribution in [3.63, 3.8) is 0 Å². The molecule has 0 unspecified atom stereocenters. The van der Waals surface area contributed by atoms with Gasteiger partial charge in [0.1, 0.15) is 11.6 Å². The topological polar surface area (TPSA) is 26.0 Å². The number of hydrogen-bond acceptors (Lipinski definition) is 1. The average molecular weight is 208 g/mol. The number of rotatable bonds is 2. The van der Waals surface area contributed by atoms with Crippen LogP contribution in [0.1, 0.15) is 24.9 Å². The van der Waals surface area contributed by atoms with Gasteiger partial charge in [-0.3, -0.25) is 0 Å². The normalized spacial score (nSPS) is 12.0. The summed E-state index contributed by atoms with van der Waals surface area (Å²) >= 11 is 0. The maximum atomic E-state index is 13.0.